The quantitative estimate of drug-likeness (QED) is 0.501. The van der Waals surface area contributed by atoms with Crippen molar-refractivity contribution in [2.75, 3.05) is 25.1 Å². The van der Waals surface area contributed by atoms with Crippen molar-refractivity contribution in [2.24, 2.45) is 5.10 Å². The number of likely N-dealkylation sites (N-methyl/N-ethyl adjacent to an activating group) is 1. The van der Waals surface area contributed by atoms with Gasteiger partial charge in [0, 0.05) is 24.8 Å². The van der Waals surface area contributed by atoms with E-state index in [1.54, 1.807) is 17.0 Å². The first kappa shape index (κ1) is 18.3. The largest absolute Gasteiger partial charge is 0.395 e. The number of hydrogen-bond donors (Lipinski definition) is 2. The Balaban J connectivity index is 1.87. The molecule has 0 aliphatic rings. The Kier molecular flexibility index (Phi) is 5.82. The highest BCUT2D eigenvalue weighted by Crippen LogP contribution is 2.25. The van der Waals surface area contributed by atoms with Crippen LogP contribution in [-0.4, -0.2) is 46.4 Å². The number of H-pyrrole nitrogens is 1. The highest BCUT2D eigenvalue weighted by atomic mass is 35.5. The third-order valence-electron chi connectivity index (χ3n) is 3.86. The van der Waals surface area contributed by atoms with Gasteiger partial charge < -0.3 is 10.0 Å². The lowest BCUT2D eigenvalue weighted by atomic mass is 10.2. The fraction of sp³-hybridized carbons (Fsp3) is 0.167. The minimum absolute atomic E-state index is 0.114. The van der Waals surface area contributed by atoms with Gasteiger partial charge in [0.15, 0.2) is 5.82 Å². The summed E-state index contributed by atoms with van der Waals surface area (Å²) in [5.74, 6) is 0.552. The lowest BCUT2D eigenvalue weighted by Gasteiger charge is -2.17. The van der Waals surface area contributed by atoms with Crippen LogP contribution >= 0.6 is 23.8 Å². The average Bonchev–Trinajstić information content (AvgIpc) is 3.01. The van der Waals surface area contributed by atoms with E-state index in [1.165, 1.54) is 0 Å². The summed E-state index contributed by atoms with van der Waals surface area (Å²) < 4.78 is 1.93. The maximum atomic E-state index is 9.01. The van der Waals surface area contributed by atoms with Crippen molar-refractivity contribution >= 4 is 35.7 Å². The van der Waals surface area contributed by atoms with Crippen LogP contribution in [0, 0.1) is 4.77 Å². The Labute approximate surface area is 161 Å². The summed E-state index contributed by atoms with van der Waals surface area (Å²) in [5.41, 5.74) is 2.69. The number of hydrogen-bond acceptors (Lipinski definition) is 5. The lowest BCUT2D eigenvalue weighted by molar-refractivity contribution is 0.304. The molecule has 3 aromatic rings. The second-order valence-electron chi connectivity index (χ2n) is 5.63. The lowest BCUT2D eigenvalue weighted by Crippen LogP contribution is -2.20. The summed E-state index contributed by atoms with van der Waals surface area (Å²) in [6.45, 7) is 0.697. The molecule has 134 valence electrons. The number of aromatic amines is 1. The normalized spacial score (nSPS) is 11.2. The van der Waals surface area contributed by atoms with Crippen LogP contribution in [0.5, 0.6) is 0 Å². The zero-order chi connectivity index (χ0) is 18.5. The molecular formula is C18H18ClN5OS. The van der Waals surface area contributed by atoms with E-state index in [0.29, 0.717) is 22.2 Å². The Bertz CT molecular complexity index is 964. The molecule has 2 aromatic carbocycles. The summed E-state index contributed by atoms with van der Waals surface area (Å²) in [7, 11) is 1.93. The minimum atomic E-state index is 0.114. The van der Waals surface area contributed by atoms with E-state index in [1.807, 2.05) is 54.4 Å². The van der Waals surface area contributed by atoms with Crippen LogP contribution in [0.3, 0.4) is 0 Å². The van der Waals surface area contributed by atoms with Gasteiger partial charge in [-0.3, -0.25) is 0 Å². The topological polar surface area (TPSA) is 69.4 Å². The molecule has 1 aromatic heterocycles. The standard InChI is InChI=1S/C18H18ClN5OS/c1-23(10-11-25)14-8-6-13(7-9-14)12-20-24-17(21-22-18(24)26)15-4-2-3-5-16(15)19/h2-9,12,25H,10-11H2,1H3,(H,22,26)/b20-12-. The van der Waals surface area contributed by atoms with Crippen LogP contribution in [0.15, 0.2) is 53.6 Å². The van der Waals surface area contributed by atoms with Gasteiger partial charge in [0.05, 0.1) is 17.8 Å². The number of aliphatic hydroxyl groups excluding tert-OH is 1. The van der Waals surface area contributed by atoms with E-state index in [2.05, 4.69) is 15.3 Å². The second kappa shape index (κ2) is 8.27. The molecule has 0 bridgehead atoms. The van der Waals surface area contributed by atoms with E-state index in [0.717, 1.165) is 16.8 Å². The fourth-order valence-corrected chi connectivity index (χ4v) is 2.83. The molecule has 0 atom stereocenters. The van der Waals surface area contributed by atoms with Crippen LogP contribution in [0.25, 0.3) is 11.4 Å². The maximum Gasteiger partial charge on any atom is 0.216 e. The monoisotopic (exact) mass is 387 g/mol. The van der Waals surface area contributed by atoms with Gasteiger partial charge in [0.2, 0.25) is 4.77 Å². The Morgan fingerprint density at radius 1 is 1.27 bits per heavy atom. The van der Waals surface area contributed by atoms with Gasteiger partial charge in [-0.15, -0.1) is 0 Å². The molecule has 0 saturated heterocycles. The number of halogens is 1. The maximum absolute atomic E-state index is 9.01. The van der Waals surface area contributed by atoms with Crippen molar-refractivity contribution < 1.29 is 5.11 Å². The van der Waals surface area contributed by atoms with Gasteiger partial charge in [-0.25, -0.2) is 5.10 Å². The summed E-state index contributed by atoms with van der Waals surface area (Å²) in [5, 5.41) is 21.0. The molecule has 1 heterocycles. The van der Waals surface area contributed by atoms with Crippen LogP contribution < -0.4 is 4.90 Å². The van der Waals surface area contributed by atoms with E-state index >= 15 is 0 Å². The SMILES string of the molecule is CN(CCO)c1ccc(/C=N\n2c(-c3ccccc3Cl)n[nH]c2=S)cc1. The predicted octanol–water partition coefficient (Wildman–Crippen LogP) is 3.57. The first-order valence-electron chi connectivity index (χ1n) is 7.99. The van der Waals surface area contributed by atoms with Crippen molar-refractivity contribution in [2.45, 2.75) is 0 Å². The van der Waals surface area contributed by atoms with Gasteiger partial charge in [0.1, 0.15) is 0 Å². The molecule has 26 heavy (non-hydrogen) atoms. The van der Waals surface area contributed by atoms with Crippen molar-refractivity contribution in [1.82, 2.24) is 14.9 Å². The Morgan fingerprint density at radius 3 is 2.69 bits per heavy atom. The van der Waals surface area contributed by atoms with Crippen molar-refractivity contribution in [1.29, 1.82) is 0 Å². The van der Waals surface area contributed by atoms with Crippen molar-refractivity contribution in [3.05, 3.63) is 63.9 Å². The molecule has 6 nitrogen and oxygen atoms in total. The summed E-state index contributed by atoms with van der Waals surface area (Å²) in [6.07, 6.45) is 1.71. The average molecular weight is 388 g/mol. The van der Waals surface area contributed by atoms with Gasteiger partial charge >= 0.3 is 0 Å². The van der Waals surface area contributed by atoms with Gasteiger partial charge in [0.25, 0.3) is 0 Å². The number of aromatic nitrogens is 3. The van der Waals surface area contributed by atoms with E-state index < -0.39 is 0 Å². The van der Waals surface area contributed by atoms with E-state index in [9.17, 15) is 0 Å². The summed E-state index contributed by atoms with van der Waals surface area (Å²) in [4.78, 5) is 1.97. The third kappa shape index (κ3) is 4.01. The molecular weight excluding hydrogens is 370 g/mol. The predicted molar refractivity (Wildman–Crippen MR) is 108 cm³/mol. The molecule has 2 N–H and O–H groups in total. The fourth-order valence-electron chi connectivity index (χ4n) is 2.43. The number of benzene rings is 2. The molecule has 0 aliphatic heterocycles. The first-order valence-corrected chi connectivity index (χ1v) is 8.77. The summed E-state index contributed by atoms with van der Waals surface area (Å²) in [6, 6.07) is 15.2. The zero-order valence-electron chi connectivity index (χ0n) is 14.1. The van der Waals surface area contributed by atoms with Gasteiger partial charge in [-0.05, 0) is 42.0 Å². The second-order valence-corrected chi connectivity index (χ2v) is 6.42. The third-order valence-corrected chi connectivity index (χ3v) is 4.45. The van der Waals surface area contributed by atoms with Crippen LogP contribution in [0.4, 0.5) is 5.69 Å². The van der Waals surface area contributed by atoms with E-state index in [4.69, 9.17) is 28.9 Å². The highest BCUT2D eigenvalue weighted by molar-refractivity contribution is 7.71. The first-order chi connectivity index (χ1) is 12.6. The molecule has 8 heteroatoms. The van der Waals surface area contributed by atoms with E-state index in [-0.39, 0.29) is 6.61 Å². The molecule has 0 saturated carbocycles. The molecule has 0 unspecified atom stereocenters. The van der Waals surface area contributed by atoms with Gasteiger partial charge in [-0.1, -0.05) is 35.9 Å². The molecule has 0 radical (unpaired) electrons. The number of rotatable bonds is 6. The van der Waals surface area contributed by atoms with Crippen LogP contribution in [0.1, 0.15) is 5.56 Å². The molecule has 0 amide bonds. The molecule has 0 spiro atoms. The number of aliphatic hydroxyl groups is 1. The smallest absolute Gasteiger partial charge is 0.216 e. The minimum Gasteiger partial charge on any atom is -0.395 e. The molecule has 0 aliphatic carbocycles. The van der Waals surface area contributed by atoms with Crippen molar-refractivity contribution in [3.8, 4) is 11.4 Å². The number of anilines is 1. The number of nitrogens with one attached hydrogen (secondary N) is 1. The zero-order valence-corrected chi connectivity index (χ0v) is 15.7. The van der Waals surface area contributed by atoms with Gasteiger partial charge in [-0.2, -0.15) is 14.9 Å². The highest BCUT2D eigenvalue weighted by Gasteiger charge is 2.11. The van der Waals surface area contributed by atoms with Crippen LogP contribution in [0.2, 0.25) is 5.02 Å². The molecule has 3 rings (SSSR count). The van der Waals surface area contributed by atoms with Crippen LogP contribution in [-0.2, 0) is 0 Å². The van der Waals surface area contributed by atoms with Crippen molar-refractivity contribution in [3.63, 3.8) is 0 Å². The number of nitrogens with zero attached hydrogens (tertiary/aromatic N) is 4. The Hall–Kier alpha value is -2.48. The molecule has 0 fully saturated rings. The Morgan fingerprint density at radius 2 is 2.00 bits per heavy atom. The summed E-state index contributed by atoms with van der Waals surface area (Å²) >= 11 is 11.5.